The molecule has 0 radical (unpaired) electrons. The third-order valence-corrected chi connectivity index (χ3v) is 5.47. The molecule has 1 saturated heterocycles. The third kappa shape index (κ3) is 4.80. The molecule has 0 unspecified atom stereocenters. The van der Waals surface area contributed by atoms with Crippen LogP contribution in [0.25, 0.3) is 0 Å². The number of benzene rings is 2. The number of carbonyl (C=O) groups is 2. The van der Waals surface area contributed by atoms with Crippen LogP contribution in [-0.4, -0.2) is 48.9 Å². The molecule has 0 aliphatic carbocycles. The van der Waals surface area contributed by atoms with Gasteiger partial charge in [0.05, 0.1) is 36.9 Å². The van der Waals surface area contributed by atoms with E-state index in [0.717, 1.165) is 18.0 Å². The van der Waals surface area contributed by atoms with Gasteiger partial charge in [0.15, 0.2) is 6.04 Å². The predicted molar refractivity (Wildman–Crippen MR) is 108 cm³/mol. The normalized spacial score (nSPS) is 16.0. The van der Waals surface area contributed by atoms with Crippen LogP contribution in [-0.2, 0) is 4.79 Å². The van der Waals surface area contributed by atoms with Crippen LogP contribution < -0.4 is 10.2 Å². The molecule has 2 amide bonds. The van der Waals surface area contributed by atoms with E-state index in [1.807, 2.05) is 42.2 Å². The number of carbonyl (C=O) groups excluding carboxylic acids is 2. The van der Waals surface area contributed by atoms with Crippen LogP contribution in [0.3, 0.4) is 0 Å². The quantitative estimate of drug-likeness (QED) is 0.818. The number of rotatable bonds is 4. The highest BCUT2D eigenvalue weighted by molar-refractivity contribution is 6.35. The Morgan fingerprint density at radius 2 is 1.74 bits per heavy atom. The molecule has 1 atom stereocenters. The first-order valence-corrected chi connectivity index (χ1v) is 9.66. The lowest BCUT2D eigenvalue weighted by Gasteiger charge is -2.34. The van der Waals surface area contributed by atoms with Crippen LogP contribution in [0.4, 0.5) is 5.69 Å². The Morgan fingerprint density at radius 3 is 2.41 bits per heavy atom. The van der Waals surface area contributed by atoms with Gasteiger partial charge in [0.25, 0.3) is 11.8 Å². The first-order chi connectivity index (χ1) is 13.0. The second-order valence-electron chi connectivity index (χ2n) is 6.65. The van der Waals surface area contributed by atoms with Gasteiger partial charge >= 0.3 is 0 Å². The van der Waals surface area contributed by atoms with Gasteiger partial charge in [-0.2, -0.15) is 0 Å². The first-order valence-electron chi connectivity index (χ1n) is 8.90. The molecule has 27 heavy (non-hydrogen) atoms. The molecule has 7 heteroatoms. The molecule has 142 valence electrons. The van der Waals surface area contributed by atoms with Gasteiger partial charge in [-0.15, -0.1) is 0 Å². The van der Waals surface area contributed by atoms with Crippen LogP contribution in [0.5, 0.6) is 0 Å². The van der Waals surface area contributed by atoms with Gasteiger partial charge in [-0.3, -0.25) is 9.59 Å². The van der Waals surface area contributed by atoms with Crippen molar-refractivity contribution in [1.82, 2.24) is 4.90 Å². The number of anilines is 1. The number of amides is 2. The summed E-state index contributed by atoms with van der Waals surface area (Å²) in [6, 6.07) is 14.0. The van der Waals surface area contributed by atoms with Gasteiger partial charge in [0, 0.05) is 10.6 Å². The molecule has 1 fully saturated rings. The minimum atomic E-state index is -0.256. The Balaban J connectivity index is 1.56. The molecule has 2 N–H and O–H groups in total. The molecular formula is C20H22Cl2N3O2+. The zero-order chi connectivity index (χ0) is 19.4. The smallest absolute Gasteiger partial charge is 0.282 e. The monoisotopic (exact) mass is 406 g/mol. The Kier molecular flexibility index (Phi) is 6.37. The van der Waals surface area contributed by atoms with Crippen LogP contribution >= 0.6 is 23.2 Å². The van der Waals surface area contributed by atoms with E-state index in [9.17, 15) is 9.59 Å². The number of halogens is 2. The van der Waals surface area contributed by atoms with Crippen LogP contribution in [0, 0.1) is 0 Å². The van der Waals surface area contributed by atoms with E-state index in [1.54, 1.807) is 18.2 Å². The zero-order valence-corrected chi connectivity index (χ0v) is 16.6. The van der Waals surface area contributed by atoms with E-state index in [1.165, 1.54) is 0 Å². The van der Waals surface area contributed by atoms with Gasteiger partial charge in [-0.25, -0.2) is 0 Å². The highest BCUT2D eigenvalue weighted by Crippen LogP contribution is 2.25. The second-order valence-corrected chi connectivity index (χ2v) is 7.50. The molecule has 0 bridgehead atoms. The number of nitrogens with one attached hydrogen (secondary N) is 2. The molecule has 0 spiro atoms. The number of hydrogen-bond acceptors (Lipinski definition) is 2. The molecule has 2 aromatic carbocycles. The van der Waals surface area contributed by atoms with E-state index in [-0.39, 0.29) is 17.9 Å². The summed E-state index contributed by atoms with van der Waals surface area (Å²) in [5.41, 5.74) is 1.21. The fraction of sp³-hybridized carbons (Fsp3) is 0.300. The molecule has 1 heterocycles. The van der Waals surface area contributed by atoms with Crippen LogP contribution in [0.2, 0.25) is 10.0 Å². The summed E-state index contributed by atoms with van der Waals surface area (Å²) < 4.78 is 0. The molecule has 1 aliphatic heterocycles. The predicted octanol–water partition coefficient (Wildman–Crippen LogP) is 2.36. The van der Waals surface area contributed by atoms with E-state index in [0.29, 0.717) is 34.4 Å². The van der Waals surface area contributed by atoms with Crippen molar-refractivity contribution in [3.8, 4) is 0 Å². The van der Waals surface area contributed by atoms with Gasteiger partial charge < -0.3 is 15.1 Å². The van der Waals surface area contributed by atoms with Crippen LogP contribution in [0.1, 0.15) is 17.3 Å². The maximum absolute atomic E-state index is 12.6. The van der Waals surface area contributed by atoms with Crippen molar-refractivity contribution in [2.24, 2.45) is 0 Å². The Morgan fingerprint density at radius 1 is 1.07 bits per heavy atom. The van der Waals surface area contributed by atoms with Crippen molar-refractivity contribution in [2.75, 3.05) is 31.5 Å². The molecule has 3 rings (SSSR count). The highest BCUT2D eigenvalue weighted by atomic mass is 35.5. The van der Waals surface area contributed by atoms with Crippen molar-refractivity contribution in [3.63, 3.8) is 0 Å². The SMILES string of the molecule is C[C@H](C(=O)Nc1cc(Cl)ccc1Cl)[NH+]1CCN(C(=O)c2ccccc2)CC1. The maximum atomic E-state index is 12.6. The first kappa shape index (κ1) is 19.7. The average Bonchev–Trinajstić information content (AvgIpc) is 2.70. The largest absolute Gasteiger partial charge is 0.327 e. The lowest BCUT2D eigenvalue weighted by Crippen LogP contribution is -3.19. The molecule has 0 aromatic heterocycles. The minimum absolute atomic E-state index is 0.0393. The third-order valence-electron chi connectivity index (χ3n) is 4.91. The molecule has 5 nitrogen and oxygen atoms in total. The summed E-state index contributed by atoms with van der Waals surface area (Å²) >= 11 is 12.1. The zero-order valence-electron chi connectivity index (χ0n) is 15.0. The molecular weight excluding hydrogens is 385 g/mol. The summed E-state index contributed by atoms with van der Waals surface area (Å²) in [7, 11) is 0. The Bertz CT molecular complexity index is 821. The number of piperazine rings is 1. The van der Waals surface area contributed by atoms with Gasteiger partial charge in [0.1, 0.15) is 0 Å². The van der Waals surface area contributed by atoms with Crippen molar-refractivity contribution in [2.45, 2.75) is 13.0 Å². The van der Waals surface area contributed by atoms with Gasteiger partial charge in [-0.1, -0.05) is 41.4 Å². The fourth-order valence-electron chi connectivity index (χ4n) is 3.21. The van der Waals surface area contributed by atoms with E-state index >= 15 is 0 Å². The average molecular weight is 407 g/mol. The van der Waals surface area contributed by atoms with Crippen molar-refractivity contribution < 1.29 is 14.5 Å². The summed E-state index contributed by atoms with van der Waals surface area (Å²) in [5.74, 6) is -0.0746. The van der Waals surface area contributed by atoms with Crippen LogP contribution in [0.15, 0.2) is 48.5 Å². The number of nitrogens with zero attached hydrogens (tertiary/aromatic N) is 1. The van der Waals surface area contributed by atoms with E-state index in [4.69, 9.17) is 23.2 Å². The molecule has 0 saturated carbocycles. The Labute approximate surface area is 168 Å². The Hall–Kier alpha value is -2.08. The minimum Gasteiger partial charge on any atom is -0.327 e. The molecule has 2 aromatic rings. The van der Waals surface area contributed by atoms with E-state index < -0.39 is 0 Å². The lowest BCUT2D eigenvalue weighted by atomic mass is 10.1. The maximum Gasteiger partial charge on any atom is 0.282 e. The molecule has 1 aliphatic rings. The summed E-state index contributed by atoms with van der Waals surface area (Å²) in [4.78, 5) is 28.1. The van der Waals surface area contributed by atoms with Gasteiger partial charge in [-0.05, 0) is 37.3 Å². The van der Waals surface area contributed by atoms with Gasteiger partial charge in [0.2, 0.25) is 0 Å². The number of quaternary nitrogens is 1. The van der Waals surface area contributed by atoms with Crippen molar-refractivity contribution >= 4 is 40.7 Å². The topological polar surface area (TPSA) is 53.9 Å². The number of hydrogen-bond donors (Lipinski definition) is 2. The van der Waals surface area contributed by atoms with Crippen molar-refractivity contribution in [3.05, 3.63) is 64.1 Å². The summed E-state index contributed by atoms with van der Waals surface area (Å²) in [5, 5.41) is 3.82. The fourth-order valence-corrected chi connectivity index (χ4v) is 3.55. The summed E-state index contributed by atoms with van der Waals surface area (Å²) in [6.07, 6.45) is 0. The summed E-state index contributed by atoms with van der Waals surface area (Å²) in [6.45, 7) is 4.57. The standard InChI is InChI=1S/C20H21Cl2N3O2/c1-14(19(26)23-18-13-16(21)7-8-17(18)22)24-9-11-25(12-10-24)20(27)15-5-3-2-4-6-15/h2-8,13-14H,9-12H2,1H3,(H,23,26)/p+1/t14-/m1/s1. The lowest BCUT2D eigenvalue weighted by molar-refractivity contribution is -0.917. The second kappa shape index (κ2) is 8.74. The highest BCUT2D eigenvalue weighted by Gasteiger charge is 2.31. The van der Waals surface area contributed by atoms with Crippen molar-refractivity contribution in [1.29, 1.82) is 0 Å². The van der Waals surface area contributed by atoms with E-state index in [2.05, 4.69) is 5.32 Å².